The minimum absolute atomic E-state index is 0.148. The van der Waals surface area contributed by atoms with Gasteiger partial charge in [-0.05, 0) is 79.6 Å². The number of rotatable bonds is 8. The van der Waals surface area contributed by atoms with Crippen LogP contribution >= 0.6 is 11.3 Å². The van der Waals surface area contributed by atoms with Crippen molar-refractivity contribution < 1.29 is 14.2 Å². The molecule has 0 saturated heterocycles. The van der Waals surface area contributed by atoms with Crippen molar-refractivity contribution in [1.29, 1.82) is 0 Å². The van der Waals surface area contributed by atoms with Gasteiger partial charge in [-0.15, -0.1) is 5.10 Å². The Balaban J connectivity index is 1.24. The molecule has 1 atom stereocenters. The summed E-state index contributed by atoms with van der Waals surface area (Å²) in [7, 11) is 1.61. The smallest absolute Gasteiger partial charge is 0.291 e. The van der Waals surface area contributed by atoms with E-state index in [0.717, 1.165) is 45.8 Å². The molecule has 9 nitrogen and oxygen atoms in total. The minimum atomic E-state index is -0.227. The number of fused-ring (bicyclic) bond motifs is 2. The molecule has 0 amide bonds. The summed E-state index contributed by atoms with van der Waals surface area (Å²) in [6.07, 6.45) is 8.47. The van der Waals surface area contributed by atoms with Gasteiger partial charge in [0.15, 0.2) is 17.3 Å². The number of aromatic nitrogens is 5. The van der Waals surface area contributed by atoms with E-state index < -0.39 is 0 Å². The molecular weight excluding hydrogens is 574 g/mol. The van der Waals surface area contributed by atoms with E-state index in [4.69, 9.17) is 19.3 Å². The monoisotopic (exact) mass is 603 g/mol. The summed E-state index contributed by atoms with van der Waals surface area (Å²) in [5.41, 5.74) is 5.33. The molecule has 0 saturated carbocycles. The van der Waals surface area contributed by atoms with Gasteiger partial charge < -0.3 is 14.2 Å². The SMILES string of the molecule is CCOc1ccc(/C=C/c2nc3s/c(=C\c4cn(-c5ccccc5)nc4-c4ccc5c(c4)CC(C)O5)c(=O)n3n2)cc1OC. The fourth-order valence-electron chi connectivity index (χ4n) is 5.29. The zero-order valence-electron chi connectivity index (χ0n) is 24.4. The molecule has 44 heavy (non-hydrogen) atoms. The summed E-state index contributed by atoms with van der Waals surface area (Å²) < 4.78 is 20.7. The van der Waals surface area contributed by atoms with Crippen LogP contribution in [-0.4, -0.2) is 44.2 Å². The Kier molecular flexibility index (Phi) is 7.19. The summed E-state index contributed by atoms with van der Waals surface area (Å²) in [6, 6.07) is 21.7. The first-order valence-corrected chi connectivity index (χ1v) is 15.2. The van der Waals surface area contributed by atoms with E-state index >= 15 is 0 Å². The molecule has 0 fully saturated rings. The van der Waals surface area contributed by atoms with E-state index in [1.54, 1.807) is 13.2 Å². The highest BCUT2D eigenvalue weighted by Gasteiger charge is 2.21. The molecule has 3 aromatic heterocycles. The van der Waals surface area contributed by atoms with Crippen molar-refractivity contribution in [3.8, 4) is 34.2 Å². The third kappa shape index (κ3) is 5.24. The van der Waals surface area contributed by atoms with Gasteiger partial charge in [0.2, 0.25) is 4.96 Å². The Hall–Kier alpha value is -5.22. The highest BCUT2D eigenvalue weighted by Crippen LogP contribution is 2.34. The third-order valence-corrected chi connectivity index (χ3v) is 8.29. The van der Waals surface area contributed by atoms with Gasteiger partial charge in [0.25, 0.3) is 5.56 Å². The van der Waals surface area contributed by atoms with Crippen molar-refractivity contribution in [2.45, 2.75) is 26.4 Å². The van der Waals surface area contributed by atoms with Crippen molar-refractivity contribution in [3.63, 3.8) is 0 Å². The summed E-state index contributed by atoms with van der Waals surface area (Å²) in [5.74, 6) is 2.69. The molecule has 3 aromatic carbocycles. The zero-order chi connectivity index (χ0) is 30.2. The average molecular weight is 604 g/mol. The number of ether oxygens (including phenoxy) is 3. The highest BCUT2D eigenvalue weighted by molar-refractivity contribution is 7.15. The molecule has 10 heteroatoms. The van der Waals surface area contributed by atoms with Crippen molar-refractivity contribution >= 4 is 34.5 Å². The van der Waals surface area contributed by atoms with Crippen LogP contribution in [0, 0.1) is 0 Å². The highest BCUT2D eigenvalue weighted by atomic mass is 32.1. The molecule has 4 heterocycles. The second kappa shape index (κ2) is 11.5. The Bertz CT molecular complexity index is 2130. The maximum Gasteiger partial charge on any atom is 0.291 e. The molecular formula is C34H29N5O4S. The number of hydrogen-bond donors (Lipinski definition) is 0. The number of hydrogen-bond acceptors (Lipinski definition) is 8. The Morgan fingerprint density at radius 3 is 2.70 bits per heavy atom. The van der Waals surface area contributed by atoms with Crippen LogP contribution in [0.4, 0.5) is 0 Å². The first kappa shape index (κ1) is 27.6. The summed E-state index contributed by atoms with van der Waals surface area (Å²) in [5, 5.41) is 9.41. The van der Waals surface area contributed by atoms with Crippen LogP contribution in [0.15, 0.2) is 77.7 Å². The normalized spacial score (nSPS) is 14.8. The van der Waals surface area contributed by atoms with Crippen LogP contribution < -0.4 is 24.3 Å². The lowest BCUT2D eigenvalue weighted by atomic mass is 10.0. The van der Waals surface area contributed by atoms with Crippen molar-refractivity contribution in [1.82, 2.24) is 24.4 Å². The molecule has 0 spiro atoms. The quantitative estimate of drug-likeness (QED) is 0.228. The number of nitrogens with zero attached hydrogens (tertiary/aromatic N) is 5. The van der Waals surface area contributed by atoms with Crippen LogP contribution in [0.2, 0.25) is 0 Å². The molecule has 0 bridgehead atoms. The molecule has 1 aliphatic heterocycles. The van der Waals surface area contributed by atoms with Crippen LogP contribution in [0.5, 0.6) is 17.2 Å². The number of thiazole rings is 1. The largest absolute Gasteiger partial charge is 0.493 e. The predicted molar refractivity (Wildman–Crippen MR) is 172 cm³/mol. The summed E-state index contributed by atoms with van der Waals surface area (Å²) in [4.78, 5) is 18.6. The molecule has 0 radical (unpaired) electrons. The van der Waals surface area contributed by atoms with Gasteiger partial charge in [0.05, 0.1) is 23.9 Å². The number of benzene rings is 3. The first-order valence-electron chi connectivity index (χ1n) is 14.3. The second-order valence-electron chi connectivity index (χ2n) is 10.4. The topological polar surface area (TPSA) is 92.8 Å². The first-order chi connectivity index (χ1) is 21.5. The summed E-state index contributed by atoms with van der Waals surface area (Å²) in [6.45, 7) is 4.55. The van der Waals surface area contributed by atoms with E-state index in [0.29, 0.717) is 33.4 Å². The lowest BCUT2D eigenvalue weighted by molar-refractivity contribution is 0.254. The zero-order valence-corrected chi connectivity index (χ0v) is 25.2. The van der Waals surface area contributed by atoms with Crippen LogP contribution in [-0.2, 0) is 6.42 Å². The molecule has 0 N–H and O–H groups in total. The Labute approximate surface area is 257 Å². The predicted octanol–water partition coefficient (Wildman–Crippen LogP) is 5.45. The molecule has 1 unspecified atom stereocenters. The lowest BCUT2D eigenvalue weighted by Gasteiger charge is -2.09. The molecule has 1 aliphatic rings. The van der Waals surface area contributed by atoms with Gasteiger partial charge in [-0.1, -0.05) is 41.7 Å². The molecule has 6 aromatic rings. The molecule has 0 aliphatic carbocycles. The number of para-hydroxylation sites is 1. The molecule has 220 valence electrons. The Morgan fingerprint density at radius 2 is 1.91 bits per heavy atom. The van der Waals surface area contributed by atoms with Crippen molar-refractivity contribution in [2.75, 3.05) is 13.7 Å². The third-order valence-electron chi connectivity index (χ3n) is 7.33. The van der Waals surface area contributed by atoms with E-state index in [9.17, 15) is 4.79 Å². The van der Waals surface area contributed by atoms with Crippen molar-refractivity contribution in [2.24, 2.45) is 0 Å². The van der Waals surface area contributed by atoms with Crippen LogP contribution in [0.1, 0.15) is 36.4 Å². The van der Waals surface area contributed by atoms with Crippen LogP contribution in [0.25, 0.3) is 40.1 Å². The maximum absolute atomic E-state index is 13.5. The van der Waals surface area contributed by atoms with E-state index in [-0.39, 0.29) is 11.7 Å². The van der Waals surface area contributed by atoms with E-state index in [1.165, 1.54) is 15.9 Å². The standard InChI is InChI=1S/C34H29N5O4S/c1-4-42-28-13-10-22(17-29(28)41-3)11-15-31-35-34-39(36-31)33(40)30(44-34)19-25-20-38(26-8-6-5-7-9-26)37-32(25)23-12-14-27-24(18-23)16-21(2)43-27/h5-15,17-21H,4,16H2,1-3H3/b15-11+,30-19-. The molecule has 7 rings (SSSR count). The minimum Gasteiger partial charge on any atom is -0.493 e. The fourth-order valence-corrected chi connectivity index (χ4v) is 6.20. The summed E-state index contributed by atoms with van der Waals surface area (Å²) >= 11 is 1.30. The lowest BCUT2D eigenvalue weighted by Crippen LogP contribution is -2.23. The van der Waals surface area contributed by atoms with E-state index in [1.807, 2.05) is 90.6 Å². The van der Waals surface area contributed by atoms with Gasteiger partial charge in [-0.3, -0.25) is 4.79 Å². The van der Waals surface area contributed by atoms with Crippen LogP contribution in [0.3, 0.4) is 0 Å². The van der Waals surface area contributed by atoms with Gasteiger partial charge in [0, 0.05) is 23.7 Å². The maximum atomic E-state index is 13.5. The second-order valence-corrected chi connectivity index (χ2v) is 11.4. The van der Waals surface area contributed by atoms with Crippen molar-refractivity contribution in [3.05, 3.63) is 110 Å². The van der Waals surface area contributed by atoms with Gasteiger partial charge in [0.1, 0.15) is 17.5 Å². The fraction of sp³-hybridized carbons (Fsp3) is 0.176. The van der Waals surface area contributed by atoms with Gasteiger partial charge in [-0.25, -0.2) is 4.68 Å². The van der Waals surface area contributed by atoms with E-state index in [2.05, 4.69) is 23.1 Å². The van der Waals surface area contributed by atoms with Gasteiger partial charge >= 0.3 is 0 Å². The van der Waals surface area contributed by atoms with Gasteiger partial charge in [-0.2, -0.15) is 14.6 Å². The Morgan fingerprint density at radius 1 is 1.05 bits per heavy atom. The average Bonchev–Trinajstić information content (AvgIpc) is 3.80. The number of methoxy groups -OCH3 is 1.